The predicted octanol–water partition coefficient (Wildman–Crippen LogP) is 3.80. The van der Waals surface area contributed by atoms with E-state index in [1.165, 1.54) is 11.1 Å². The number of hydrogen-bond donors (Lipinski definition) is 1. The molecular weight excluding hydrogens is 222 g/mol. The molecule has 0 saturated heterocycles. The lowest BCUT2D eigenvalue weighted by Gasteiger charge is -2.28. The molecule has 2 rings (SSSR count). The van der Waals surface area contributed by atoms with Crippen molar-refractivity contribution in [2.75, 3.05) is 0 Å². The minimum Gasteiger partial charge on any atom is -0.474 e. The van der Waals surface area contributed by atoms with Crippen LogP contribution < -0.4 is 10.1 Å². The molecule has 0 bridgehead atoms. The normalized spacial score (nSPS) is 21.2. The fraction of sp³-hybridized carbons (Fsp3) is 0.625. The Morgan fingerprint density at radius 2 is 1.83 bits per heavy atom. The molecule has 18 heavy (non-hydrogen) atoms. The molecule has 0 aliphatic carbocycles. The first-order valence-corrected chi connectivity index (χ1v) is 6.90. The molecular formula is C16H25NO. The van der Waals surface area contributed by atoms with Crippen LogP contribution in [0.15, 0.2) is 18.2 Å². The number of para-hydroxylation sites is 1. The number of fused-ring (bicyclic) bond motifs is 1. The van der Waals surface area contributed by atoms with E-state index < -0.39 is 0 Å². The van der Waals surface area contributed by atoms with Crippen LogP contribution in [0.25, 0.3) is 0 Å². The molecule has 1 N–H and O–H groups in total. The number of nitrogens with one attached hydrogen (secondary N) is 1. The molecule has 1 aromatic rings. The average molecular weight is 247 g/mol. The van der Waals surface area contributed by atoms with E-state index in [1.807, 2.05) is 0 Å². The zero-order valence-electron chi connectivity index (χ0n) is 12.4. The predicted molar refractivity (Wildman–Crippen MR) is 76.2 cm³/mol. The lowest BCUT2D eigenvalue weighted by atomic mass is 9.82. The first-order valence-electron chi connectivity index (χ1n) is 6.90. The van der Waals surface area contributed by atoms with Crippen molar-refractivity contribution in [2.45, 2.75) is 65.1 Å². The van der Waals surface area contributed by atoms with Crippen LogP contribution >= 0.6 is 0 Å². The summed E-state index contributed by atoms with van der Waals surface area (Å²) < 4.78 is 6.21. The van der Waals surface area contributed by atoms with E-state index in [2.05, 4.69) is 65.1 Å². The molecule has 1 atom stereocenters. The SMILES string of the molecule is CC(C)NC1Oc2c(C(C)C)cccc2C1(C)C. The van der Waals surface area contributed by atoms with Gasteiger partial charge in [0.25, 0.3) is 0 Å². The van der Waals surface area contributed by atoms with E-state index in [1.54, 1.807) is 0 Å². The topological polar surface area (TPSA) is 21.3 Å². The smallest absolute Gasteiger partial charge is 0.159 e. The summed E-state index contributed by atoms with van der Waals surface area (Å²) in [7, 11) is 0. The van der Waals surface area contributed by atoms with Gasteiger partial charge in [0.15, 0.2) is 6.23 Å². The van der Waals surface area contributed by atoms with Crippen molar-refractivity contribution < 1.29 is 4.74 Å². The first-order chi connectivity index (χ1) is 8.34. The summed E-state index contributed by atoms with van der Waals surface area (Å²) in [6.45, 7) is 13.3. The van der Waals surface area contributed by atoms with Crippen molar-refractivity contribution in [2.24, 2.45) is 0 Å². The Morgan fingerprint density at radius 3 is 2.39 bits per heavy atom. The highest BCUT2D eigenvalue weighted by molar-refractivity contribution is 5.50. The Bertz CT molecular complexity index is 435. The van der Waals surface area contributed by atoms with Crippen LogP contribution in [0.4, 0.5) is 0 Å². The summed E-state index contributed by atoms with van der Waals surface area (Å²) in [6.07, 6.45) is 0.0624. The maximum Gasteiger partial charge on any atom is 0.159 e. The summed E-state index contributed by atoms with van der Waals surface area (Å²) in [4.78, 5) is 0. The van der Waals surface area contributed by atoms with E-state index in [4.69, 9.17) is 4.74 Å². The summed E-state index contributed by atoms with van der Waals surface area (Å²) in [5, 5.41) is 3.52. The second kappa shape index (κ2) is 4.58. The van der Waals surface area contributed by atoms with Gasteiger partial charge in [-0.1, -0.05) is 45.9 Å². The second-order valence-electron chi connectivity index (χ2n) is 6.42. The maximum atomic E-state index is 6.21. The molecule has 2 nitrogen and oxygen atoms in total. The lowest BCUT2D eigenvalue weighted by Crippen LogP contribution is -2.47. The summed E-state index contributed by atoms with van der Waals surface area (Å²) in [6, 6.07) is 6.95. The molecule has 1 unspecified atom stereocenters. The van der Waals surface area contributed by atoms with E-state index >= 15 is 0 Å². The number of hydrogen-bond acceptors (Lipinski definition) is 2. The van der Waals surface area contributed by atoms with Gasteiger partial charge in [-0.15, -0.1) is 0 Å². The summed E-state index contributed by atoms with van der Waals surface area (Å²) in [5.74, 6) is 1.59. The third-order valence-corrected chi connectivity index (χ3v) is 3.74. The molecule has 1 heterocycles. The van der Waals surface area contributed by atoms with Gasteiger partial charge < -0.3 is 4.74 Å². The molecule has 0 spiro atoms. The number of ether oxygens (including phenoxy) is 1. The monoisotopic (exact) mass is 247 g/mol. The minimum atomic E-state index is 0.0184. The zero-order chi connectivity index (χ0) is 13.5. The van der Waals surface area contributed by atoms with E-state index in [0.717, 1.165) is 5.75 Å². The Balaban J connectivity index is 2.42. The van der Waals surface area contributed by atoms with Gasteiger partial charge in [0.05, 0.1) is 0 Å². The van der Waals surface area contributed by atoms with Crippen LogP contribution in [0.5, 0.6) is 5.75 Å². The Labute approximate surface area is 111 Å². The lowest BCUT2D eigenvalue weighted by molar-refractivity contribution is 0.117. The number of benzene rings is 1. The van der Waals surface area contributed by atoms with Crippen LogP contribution in [0.1, 0.15) is 58.6 Å². The van der Waals surface area contributed by atoms with Crippen molar-refractivity contribution >= 4 is 0 Å². The van der Waals surface area contributed by atoms with Crippen molar-refractivity contribution in [1.29, 1.82) is 0 Å². The van der Waals surface area contributed by atoms with Crippen molar-refractivity contribution in [3.8, 4) is 5.75 Å². The standard InChI is InChI=1S/C16H25NO/c1-10(2)12-8-7-9-13-14(12)18-15(16(13,5)6)17-11(3)4/h7-11,15,17H,1-6H3. The van der Waals surface area contributed by atoms with Crippen LogP contribution in [0.3, 0.4) is 0 Å². The largest absolute Gasteiger partial charge is 0.474 e. The third kappa shape index (κ3) is 2.14. The van der Waals surface area contributed by atoms with Crippen LogP contribution in [-0.2, 0) is 5.41 Å². The molecule has 1 aliphatic rings. The molecule has 1 aromatic carbocycles. The van der Waals surface area contributed by atoms with Gasteiger partial charge in [-0.2, -0.15) is 0 Å². The van der Waals surface area contributed by atoms with Gasteiger partial charge in [0.1, 0.15) is 5.75 Å². The van der Waals surface area contributed by atoms with Gasteiger partial charge >= 0.3 is 0 Å². The Kier molecular flexibility index (Phi) is 3.41. The minimum absolute atomic E-state index is 0.0184. The van der Waals surface area contributed by atoms with Gasteiger partial charge in [-0.05, 0) is 25.3 Å². The zero-order valence-corrected chi connectivity index (χ0v) is 12.4. The molecule has 0 amide bonds. The molecule has 100 valence electrons. The number of rotatable bonds is 3. The van der Waals surface area contributed by atoms with E-state index in [-0.39, 0.29) is 11.6 Å². The molecule has 0 radical (unpaired) electrons. The molecule has 2 heteroatoms. The molecule has 1 aliphatic heterocycles. The van der Waals surface area contributed by atoms with Gasteiger partial charge in [0, 0.05) is 17.0 Å². The van der Waals surface area contributed by atoms with Crippen LogP contribution in [-0.4, -0.2) is 12.3 Å². The van der Waals surface area contributed by atoms with Crippen LogP contribution in [0.2, 0.25) is 0 Å². The molecule has 0 saturated carbocycles. The first kappa shape index (κ1) is 13.4. The molecule has 0 fully saturated rings. The highest BCUT2D eigenvalue weighted by Gasteiger charge is 2.42. The van der Waals surface area contributed by atoms with Crippen molar-refractivity contribution in [3.05, 3.63) is 29.3 Å². The van der Waals surface area contributed by atoms with Crippen molar-refractivity contribution in [1.82, 2.24) is 5.32 Å². The molecule has 0 aromatic heterocycles. The van der Waals surface area contributed by atoms with E-state index in [9.17, 15) is 0 Å². The van der Waals surface area contributed by atoms with Gasteiger partial charge in [0.2, 0.25) is 0 Å². The quantitative estimate of drug-likeness (QED) is 0.877. The second-order valence-corrected chi connectivity index (χ2v) is 6.42. The Morgan fingerprint density at radius 1 is 1.17 bits per heavy atom. The fourth-order valence-electron chi connectivity index (χ4n) is 2.60. The average Bonchev–Trinajstić information content (AvgIpc) is 2.50. The maximum absolute atomic E-state index is 6.21. The van der Waals surface area contributed by atoms with Crippen molar-refractivity contribution in [3.63, 3.8) is 0 Å². The summed E-state index contributed by atoms with van der Waals surface area (Å²) in [5.41, 5.74) is 2.66. The Hall–Kier alpha value is -1.02. The fourth-order valence-corrected chi connectivity index (χ4v) is 2.60. The highest BCUT2D eigenvalue weighted by atomic mass is 16.5. The van der Waals surface area contributed by atoms with E-state index in [0.29, 0.717) is 12.0 Å². The van der Waals surface area contributed by atoms with Crippen LogP contribution in [0, 0.1) is 0 Å². The third-order valence-electron chi connectivity index (χ3n) is 3.74. The highest BCUT2D eigenvalue weighted by Crippen LogP contribution is 2.45. The van der Waals surface area contributed by atoms with Gasteiger partial charge in [-0.3, -0.25) is 5.32 Å². The van der Waals surface area contributed by atoms with Gasteiger partial charge in [-0.25, -0.2) is 0 Å². The summed E-state index contributed by atoms with van der Waals surface area (Å²) >= 11 is 0.